The minimum Gasteiger partial charge on any atom is -0.468 e. The van der Waals surface area contributed by atoms with Gasteiger partial charge in [0.1, 0.15) is 5.76 Å². The average molecular weight is 250 g/mol. The van der Waals surface area contributed by atoms with Gasteiger partial charge < -0.3 is 14.6 Å². The molecule has 0 atom stereocenters. The molecule has 0 aliphatic carbocycles. The number of hydrogen-bond donors (Lipinski definition) is 1. The van der Waals surface area contributed by atoms with Crippen molar-refractivity contribution < 1.29 is 9.21 Å². The van der Waals surface area contributed by atoms with Crippen LogP contribution < -0.4 is 5.32 Å². The maximum Gasteiger partial charge on any atom is 0.223 e. The lowest BCUT2D eigenvalue weighted by molar-refractivity contribution is -0.132. The lowest BCUT2D eigenvalue weighted by atomic mass is 9.99. The number of likely N-dealkylation sites (tertiary alicyclic amines) is 1. The van der Waals surface area contributed by atoms with Gasteiger partial charge in [-0.05, 0) is 30.9 Å². The number of carbonyl (C=O) groups is 1. The molecule has 1 amide bonds. The van der Waals surface area contributed by atoms with Crippen molar-refractivity contribution in [1.82, 2.24) is 10.2 Å². The molecule has 1 fully saturated rings. The zero-order valence-corrected chi connectivity index (χ0v) is 11.0. The predicted molar refractivity (Wildman–Crippen MR) is 70.0 cm³/mol. The van der Waals surface area contributed by atoms with Crippen LogP contribution in [0.4, 0.5) is 0 Å². The summed E-state index contributed by atoms with van der Waals surface area (Å²) in [5.74, 6) is 1.95. The second-order valence-corrected chi connectivity index (χ2v) is 5.07. The van der Waals surface area contributed by atoms with Crippen LogP contribution in [-0.2, 0) is 11.3 Å². The number of piperidine rings is 1. The Morgan fingerprint density at radius 3 is 2.94 bits per heavy atom. The van der Waals surface area contributed by atoms with Crippen LogP contribution in [0.1, 0.15) is 31.9 Å². The standard InChI is InChI=1S/C14H22N2O2/c1-12-5-8-16(9-6-12)14(17)4-7-15-11-13-3-2-10-18-13/h2-3,10,12,15H,4-9,11H2,1H3. The number of carbonyl (C=O) groups excluding carboxylic acids is 1. The third-order valence-electron chi connectivity index (χ3n) is 3.53. The zero-order valence-electron chi connectivity index (χ0n) is 11.0. The summed E-state index contributed by atoms with van der Waals surface area (Å²) in [7, 11) is 0. The van der Waals surface area contributed by atoms with E-state index in [1.54, 1.807) is 6.26 Å². The monoisotopic (exact) mass is 250 g/mol. The van der Waals surface area contributed by atoms with Crippen molar-refractivity contribution in [2.75, 3.05) is 19.6 Å². The van der Waals surface area contributed by atoms with Gasteiger partial charge in [-0.25, -0.2) is 0 Å². The van der Waals surface area contributed by atoms with E-state index < -0.39 is 0 Å². The highest BCUT2D eigenvalue weighted by molar-refractivity contribution is 5.76. The zero-order chi connectivity index (χ0) is 12.8. The first-order valence-electron chi connectivity index (χ1n) is 6.76. The molecule has 4 nitrogen and oxygen atoms in total. The van der Waals surface area contributed by atoms with Crippen molar-refractivity contribution in [2.45, 2.75) is 32.7 Å². The second kappa shape index (κ2) is 6.59. The molecule has 1 aliphatic heterocycles. The molecule has 1 N–H and O–H groups in total. The molecule has 0 aromatic carbocycles. The normalized spacial score (nSPS) is 17.1. The molecule has 0 spiro atoms. The quantitative estimate of drug-likeness (QED) is 0.813. The van der Waals surface area contributed by atoms with Crippen molar-refractivity contribution in [3.63, 3.8) is 0 Å². The maximum absolute atomic E-state index is 11.9. The van der Waals surface area contributed by atoms with E-state index >= 15 is 0 Å². The molecule has 2 rings (SSSR count). The predicted octanol–water partition coefficient (Wildman–Crippen LogP) is 2.02. The molecule has 100 valence electrons. The summed E-state index contributed by atoms with van der Waals surface area (Å²) in [6.07, 6.45) is 4.53. The van der Waals surface area contributed by atoms with E-state index in [0.717, 1.165) is 37.6 Å². The highest BCUT2D eigenvalue weighted by Crippen LogP contribution is 2.16. The van der Waals surface area contributed by atoms with Gasteiger partial charge in [-0.3, -0.25) is 4.79 Å². The van der Waals surface area contributed by atoms with Gasteiger partial charge in [-0.1, -0.05) is 6.92 Å². The Kier molecular flexibility index (Phi) is 4.81. The molecule has 1 aliphatic rings. The molecule has 4 heteroatoms. The topological polar surface area (TPSA) is 45.5 Å². The third kappa shape index (κ3) is 3.88. The molecule has 1 saturated heterocycles. The summed E-state index contributed by atoms with van der Waals surface area (Å²) in [4.78, 5) is 13.9. The Balaban J connectivity index is 1.60. The second-order valence-electron chi connectivity index (χ2n) is 5.07. The molecular weight excluding hydrogens is 228 g/mol. The average Bonchev–Trinajstić information content (AvgIpc) is 2.88. The van der Waals surface area contributed by atoms with Crippen LogP contribution in [0.2, 0.25) is 0 Å². The number of nitrogens with one attached hydrogen (secondary N) is 1. The first-order chi connectivity index (χ1) is 8.75. The van der Waals surface area contributed by atoms with Crippen LogP contribution in [0, 0.1) is 5.92 Å². The van der Waals surface area contributed by atoms with Gasteiger partial charge in [0.05, 0.1) is 12.8 Å². The summed E-state index contributed by atoms with van der Waals surface area (Å²) in [5, 5.41) is 3.23. The third-order valence-corrected chi connectivity index (χ3v) is 3.53. The molecular formula is C14H22N2O2. The van der Waals surface area contributed by atoms with Crippen molar-refractivity contribution in [3.05, 3.63) is 24.2 Å². The van der Waals surface area contributed by atoms with Crippen LogP contribution in [0.25, 0.3) is 0 Å². The molecule has 0 saturated carbocycles. The SMILES string of the molecule is CC1CCN(C(=O)CCNCc2ccco2)CC1. The van der Waals surface area contributed by atoms with Gasteiger partial charge >= 0.3 is 0 Å². The van der Waals surface area contributed by atoms with Crippen molar-refractivity contribution in [2.24, 2.45) is 5.92 Å². The Morgan fingerprint density at radius 2 is 2.28 bits per heavy atom. The molecule has 18 heavy (non-hydrogen) atoms. The van der Waals surface area contributed by atoms with E-state index in [-0.39, 0.29) is 5.91 Å². The summed E-state index contributed by atoms with van der Waals surface area (Å²) in [5.41, 5.74) is 0. The van der Waals surface area contributed by atoms with E-state index in [1.165, 1.54) is 0 Å². The number of rotatable bonds is 5. The molecule has 2 heterocycles. The summed E-state index contributed by atoms with van der Waals surface area (Å²) in [6, 6.07) is 3.80. The van der Waals surface area contributed by atoms with Gasteiger partial charge in [0.15, 0.2) is 0 Å². The summed E-state index contributed by atoms with van der Waals surface area (Å²) >= 11 is 0. The lowest BCUT2D eigenvalue weighted by Gasteiger charge is -2.30. The summed E-state index contributed by atoms with van der Waals surface area (Å²) in [6.45, 7) is 5.52. The lowest BCUT2D eigenvalue weighted by Crippen LogP contribution is -2.39. The van der Waals surface area contributed by atoms with Crippen LogP contribution in [0.3, 0.4) is 0 Å². The molecule has 1 aromatic heterocycles. The Morgan fingerprint density at radius 1 is 1.50 bits per heavy atom. The van der Waals surface area contributed by atoms with E-state index in [1.807, 2.05) is 17.0 Å². The van der Waals surface area contributed by atoms with Crippen LogP contribution >= 0.6 is 0 Å². The first-order valence-corrected chi connectivity index (χ1v) is 6.76. The number of hydrogen-bond acceptors (Lipinski definition) is 3. The van der Waals surface area contributed by atoms with Gasteiger partial charge in [0, 0.05) is 26.1 Å². The highest BCUT2D eigenvalue weighted by Gasteiger charge is 2.19. The smallest absolute Gasteiger partial charge is 0.223 e. The summed E-state index contributed by atoms with van der Waals surface area (Å²) < 4.78 is 5.21. The van der Waals surface area contributed by atoms with Crippen LogP contribution in [0.5, 0.6) is 0 Å². The minimum absolute atomic E-state index is 0.272. The Hall–Kier alpha value is -1.29. The molecule has 0 radical (unpaired) electrons. The van der Waals surface area contributed by atoms with E-state index in [0.29, 0.717) is 19.5 Å². The molecule has 1 aromatic rings. The van der Waals surface area contributed by atoms with Crippen molar-refractivity contribution in [3.8, 4) is 0 Å². The van der Waals surface area contributed by atoms with E-state index in [9.17, 15) is 4.79 Å². The first kappa shape index (κ1) is 13.1. The highest BCUT2D eigenvalue weighted by atomic mass is 16.3. The molecule has 0 unspecified atom stereocenters. The van der Waals surface area contributed by atoms with Gasteiger partial charge in [-0.2, -0.15) is 0 Å². The van der Waals surface area contributed by atoms with E-state index in [2.05, 4.69) is 12.2 Å². The number of furan rings is 1. The van der Waals surface area contributed by atoms with Crippen LogP contribution in [0.15, 0.2) is 22.8 Å². The largest absolute Gasteiger partial charge is 0.468 e. The van der Waals surface area contributed by atoms with Gasteiger partial charge in [0.25, 0.3) is 0 Å². The fraction of sp³-hybridized carbons (Fsp3) is 0.643. The minimum atomic E-state index is 0.272. The fourth-order valence-electron chi connectivity index (χ4n) is 2.24. The molecule has 0 bridgehead atoms. The Bertz CT molecular complexity index is 354. The maximum atomic E-state index is 11.9. The number of nitrogens with zero attached hydrogens (tertiary/aromatic N) is 1. The fourth-order valence-corrected chi connectivity index (χ4v) is 2.24. The number of amides is 1. The van der Waals surface area contributed by atoms with Crippen molar-refractivity contribution in [1.29, 1.82) is 0 Å². The van der Waals surface area contributed by atoms with Crippen LogP contribution in [-0.4, -0.2) is 30.4 Å². The van der Waals surface area contributed by atoms with E-state index in [4.69, 9.17) is 4.42 Å². The Labute approximate surface area is 108 Å². The van der Waals surface area contributed by atoms with Gasteiger partial charge in [-0.15, -0.1) is 0 Å². The van der Waals surface area contributed by atoms with Crippen molar-refractivity contribution >= 4 is 5.91 Å². The van der Waals surface area contributed by atoms with Gasteiger partial charge in [0.2, 0.25) is 5.91 Å².